The van der Waals surface area contributed by atoms with Crippen LogP contribution in [-0.2, 0) is 14.6 Å². The Balaban J connectivity index is 1.59. The van der Waals surface area contributed by atoms with Crippen molar-refractivity contribution in [2.24, 2.45) is 0 Å². The number of pyridine rings is 1. The molecular weight excluding hydrogens is 459 g/mol. The molecule has 0 N–H and O–H groups in total. The van der Waals surface area contributed by atoms with Crippen molar-refractivity contribution in [2.75, 3.05) is 18.1 Å². The standard InChI is InChI=1S/C22H26Cl2N2O4S/c1-14-7-8-17-18(23)11-19(24)22(21(17)25-14)30-12-20(27)26(15-5-3-2-4-6-15)16-9-10-31(28,29)13-16/h7-8,11,15-16H,2-6,9-10,12-13H2,1H3/t16-/m1/s1. The molecule has 31 heavy (non-hydrogen) atoms. The minimum atomic E-state index is -3.11. The average Bonchev–Trinajstić information content (AvgIpc) is 3.07. The molecule has 1 saturated heterocycles. The summed E-state index contributed by atoms with van der Waals surface area (Å²) in [6, 6.07) is 5.05. The highest BCUT2D eigenvalue weighted by Gasteiger charge is 2.38. The van der Waals surface area contributed by atoms with Gasteiger partial charge in [0.25, 0.3) is 5.91 Å². The van der Waals surface area contributed by atoms with Crippen LogP contribution in [0.3, 0.4) is 0 Å². The number of rotatable bonds is 5. The van der Waals surface area contributed by atoms with Gasteiger partial charge in [-0.1, -0.05) is 42.5 Å². The predicted octanol–water partition coefficient (Wildman–Crippen LogP) is 4.58. The number of carbonyl (C=O) groups excluding carboxylic acids is 1. The van der Waals surface area contributed by atoms with E-state index in [4.69, 9.17) is 27.9 Å². The van der Waals surface area contributed by atoms with E-state index in [1.165, 1.54) is 0 Å². The third kappa shape index (κ3) is 4.94. The van der Waals surface area contributed by atoms with E-state index in [9.17, 15) is 13.2 Å². The summed E-state index contributed by atoms with van der Waals surface area (Å²) in [7, 11) is -3.11. The van der Waals surface area contributed by atoms with Crippen LogP contribution in [0.2, 0.25) is 10.0 Å². The summed E-state index contributed by atoms with van der Waals surface area (Å²) >= 11 is 12.7. The first-order chi connectivity index (χ1) is 14.7. The summed E-state index contributed by atoms with van der Waals surface area (Å²) in [4.78, 5) is 19.6. The minimum Gasteiger partial charge on any atom is -0.480 e. The molecular formula is C22H26Cl2N2O4S. The van der Waals surface area contributed by atoms with Crippen molar-refractivity contribution >= 4 is 49.8 Å². The molecule has 0 unspecified atom stereocenters. The van der Waals surface area contributed by atoms with Gasteiger partial charge in [0.1, 0.15) is 5.52 Å². The van der Waals surface area contributed by atoms with Crippen molar-refractivity contribution < 1.29 is 17.9 Å². The number of fused-ring (bicyclic) bond motifs is 1. The normalized spacial score (nSPS) is 21.3. The third-order valence-electron chi connectivity index (χ3n) is 6.18. The van der Waals surface area contributed by atoms with Crippen LogP contribution in [0, 0.1) is 6.92 Å². The zero-order valence-corrected chi connectivity index (χ0v) is 19.8. The first-order valence-electron chi connectivity index (χ1n) is 10.6. The van der Waals surface area contributed by atoms with E-state index >= 15 is 0 Å². The van der Waals surface area contributed by atoms with Gasteiger partial charge in [0.2, 0.25) is 0 Å². The van der Waals surface area contributed by atoms with Crippen LogP contribution >= 0.6 is 23.2 Å². The second-order valence-electron chi connectivity index (χ2n) is 8.46. The van der Waals surface area contributed by atoms with Crippen molar-refractivity contribution in [3.8, 4) is 5.75 Å². The number of hydrogen-bond acceptors (Lipinski definition) is 5. The van der Waals surface area contributed by atoms with E-state index in [2.05, 4.69) is 4.98 Å². The first-order valence-corrected chi connectivity index (χ1v) is 13.2. The van der Waals surface area contributed by atoms with Crippen molar-refractivity contribution in [3.63, 3.8) is 0 Å². The van der Waals surface area contributed by atoms with Crippen LogP contribution in [0.1, 0.15) is 44.2 Å². The number of carbonyl (C=O) groups is 1. The Hall–Kier alpha value is -1.57. The van der Waals surface area contributed by atoms with Crippen molar-refractivity contribution in [3.05, 3.63) is 33.9 Å². The lowest BCUT2D eigenvalue weighted by Gasteiger charge is -2.38. The molecule has 0 bridgehead atoms. The lowest BCUT2D eigenvalue weighted by molar-refractivity contribution is -0.138. The Kier molecular flexibility index (Phi) is 6.65. The number of halogens is 2. The predicted molar refractivity (Wildman–Crippen MR) is 123 cm³/mol. The van der Waals surface area contributed by atoms with Crippen LogP contribution in [0.4, 0.5) is 0 Å². The van der Waals surface area contributed by atoms with Crippen molar-refractivity contribution in [2.45, 2.75) is 57.5 Å². The maximum absolute atomic E-state index is 13.3. The highest BCUT2D eigenvalue weighted by Crippen LogP contribution is 2.37. The van der Waals surface area contributed by atoms with Gasteiger partial charge in [0.05, 0.1) is 21.6 Å². The zero-order chi connectivity index (χ0) is 22.2. The van der Waals surface area contributed by atoms with Gasteiger partial charge in [0.15, 0.2) is 22.2 Å². The quantitative estimate of drug-likeness (QED) is 0.620. The highest BCUT2D eigenvalue weighted by molar-refractivity contribution is 7.91. The molecule has 1 amide bonds. The number of ether oxygens (including phenoxy) is 1. The Morgan fingerprint density at radius 2 is 1.87 bits per heavy atom. The van der Waals surface area contributed by atoms with Crippen LogP contribution in [0.25, 0.3) is 10.9 Å². The molecule has 1 aliphatic heterocycles. The van der Waals surface area contributed by atoms with Gasteiger partial charge >= 0.3 is 0 Å². The van der Waals surface area contributed by atoms with Gasteiger partial charge in [-0.3, -0.25) is 4.79 Å². The van der Waals surface area contributed by atoms with Crippen LogP contribution in [0.15, 0.2) is 18.2 Å². The number of hydrogen-bond donors (Lipinski definition) is 0. The Bertz CT molecular complexity index is 1100. The number of sulfone groups is 1. The Morgan fingerprint density at radius 1 is 1.13 bits per heavy atom. The lowest BCUT2D eigenvalue weighted by atomic mass is 9.93. The molecule has 2 fully saturated rings. The van der Waals surface area contributed by atoms with E-state index in [1.807, 2.05) is 19.1 Å². The molecule has 9 heteroatoms. The first kappa shape index (κ1) is 22.6. The van der Waals surface area contributed by atoms with E-state index in [-0.39, 0.29) is 41.1 Å². The number of benzene rings is 1. The van der Waals surface area contributed by atoms with Gasteiger partial charge in [-0.25, -0.2) is 13.4 Å². The van der Waals surface area contributed by atoms with E-state index in [0.29, 0.717) is 28.1 Å². The second kappa shape index (κ2) is 9.12. The fourth-order valence-corrected chi connectivity index (χ4v) is 6.98. The molecule has 0 radical (unpaired) electrons. The third-order valence-corrected chi connectivity index (χ3v) is 8.52. The van der Waals surface area contributed by atoms with Crippen LogP contribution in [-0.4, -0.2) is 54.4 Å². The van der Waals surface area contributed by atoms with E-state index in [0.717, 1.165) is 37.8 Å². The molecule has 1 aromatic carbocycles. The Morgan fingerprint density at radius 3 is 2.55 bits per heavy atom. The monoisotopic (exact) mass is 484 g/mol. The summed E-state index contributed by atoms with van der Waals surface area (Å²) in [5.74, 6) is 0.272. The smallest absolute Gasteiger partial charge is 0.261 e. The van der Waals surface area contributed by atoms with Crippen molar-refractivity contribution in [1.29, 1.82) is 0 Å². The molecule has 2 aliphatic rings. The molecule has 0 spiro atoms. The van der Waals surface area contributed by atoms with Gasteiger partial charge < -0.3 is 9.64 Å². The molecule has 1 aliphatic carbocycles. The summed E-state index contributed by atoms with van der Waals surface area (Å²) in [6.45, 7) is 1.63. The fraction of sp³-hybridized carbons (Fsp3) is 0.545. The lowest BCUT2D eigenvalue weighted by Crippen LogP contribution is -2.50. The Labute approximate surface area is 192 Å². The number of aromatic nitrogens is 1. The maximum atomic E-state index is 13.3. The number of nitrogens with zero attached hydrogens (tertiary/aromatic N) is 2. The molecule has 4 rings (SSSR count). The SMILES string of the molecule is Cc1ccc2c(Cl)cc(Cl)c(OCC(=O)N(C3CCCCC3)[C@@H]3CCS(=O)(=O)C3)c2n1. The van der Waals surface area contributed by atoms with Gasteiger partial charge in [-0.2, -0.15) is 0 Å². The van der Waals surface area contributed by atoms with Gasteiger partial charge in [-0.15, -0.1) is 0 Å². The van der Waals surface area contributed by atoms with Crippen LogP contribution in [0.5, 0.6) is 5.75 Å². The van der Waals surface area contributed by atoms with Gasteiger partial charge in [0, 0.05) is 23.2 Å². The maximum Gasteiger partial charge on any atom is 0.261 e. The largest absolute Gasteiger partial charge is 0.480 e. The van der Waals surface area contributed by atoms with Crippen LogP contribution < -0.4 is 4.74 Å². The van der Waals surface area contributed by atoms with E-state index in [1.54, 1.807) is 11.0 Å². The molecule has 1 saturated carbocycles. The molecule has 1 aromatic heterocycles. The second-order valence-corrected chi connectivity index (χ2v) is 11.5. The van der Waals surface area contributed by atoms with E-state index < -0.39 is 9.84 Å². The molecule has 6 nitrogen and oxygen atoms in total. The summed E-state index contributed by atoms with van der Waals surface area (Å²) in [5, 5.41) is 1.45. The van der Waals surface area contributed by atoms with Crippen molar-refractivity contribution in [1.82, 2.24) is 9.88 Å². The highest BCUT2D eigenvalue weighted by atomic mass is 35.5. The fourth-order valence-electron chi connectivity index (χ4n) is 4.70. The molecule has 2 heterocycles. The summed E-state index contributed by atoms with van der Waals surface area (Å²) < 4.78 is 30.1. The average molecular weight is 485 g/mol. The number of amides is 1. The molecule has 2 aromatic rings. The molecule has 168 valence electrons. The minimum absolute atomic E-state index is 0.0284. The summed E-state index contributed by atoms with van der Waals surface area (Å²) in [5.41, 5.74) is 1.29. The summed E-state index contributed by atoms with van der Waals surface area (Å²) in [6.07, 6.45) is 5.52. The van der Waals surface area contributed by atoms with Gasteiger partial charge in [-0.05, 0) is 44.4 Å². The zero-order valence-electron chi connectivity index (χ0n) is 17.4. The number of aryl methyl sites for hydroxylation is 1. The molecule has 1 atom stereocenters. The topological polar surface area (TPSA) is 76.6 Å².